The van der Waals surface area contributed by atoms with Crippen molar-refractivity contribution < 1.29 is 18.0 Å². The lowest BCUT2D eigenvalue weighted by Gasteiger charge is -2.33. The number of hydrogen-bond donors (Lipinski definition) is 1. The molecule has 7 nitrogen and oxygen atoms in total. The molecular weight excluding hydrogens is 625 g/mol. The number of halogens is 3. The van der Waals surface area contributed by atoms with E-state index in [1.54, 1.807) is 42.5 Å². The summed E-state index contributed by atoms with van der Waals surface area (Å²) in [4.78, 5) is 28.9. The van der Waals surface area contributed by atoms with Gasteiger partial charge in [0.25, 0.3) is 0 Å². The topological polar surface area (TPSA) is 86.8 Å². The van der Waals surface area contributed by atoms with Gasteiger partial charge in [-0.05, 0) is 53.9 Å². The molecule has 0 aliphatic rings. The van der Waals surface area contributed by atoms with E-state index in [4.69, 9.17) is 23.2 Å². The van der Waals surface area contributed by atoms with Gasteiger partial charge in [-0.1, -0.05) is 82.5 Å². The number of hydrogen-bond acceptors (Lipinski definition) is 4. The Morgan fingerprint density at radius 3 is 2.21 bits per heavy atom. The number of carbonyl (C=O) groups excluding carboxylic acids is 2. The molecule has 0 saturated heterocycles. The molecule has 0 heterocycles. The van der Waals surface area contributed by atoms with Gasteiger partial charge in [0, 0.05) is 24.0 Å². The molecule has 2 amide bonds. The summed E-state index contributed by atoms with van der Waals surface area (Å²) in [6.07, 6.45) is 2.00. The summed E-state index contributed by atoms with van der Waals surface area (Å²) in [5.41, 5.74) is 1.83. The van der Waals surface area contributed by atoms with E-state index in [0.29, 0.717) is 27.8 Å². The van der Waals surface area contributed by atoms with E-state index >= 15 is 0 Å². The molecule has 0 spiro atoms. The van der Waals surface area contributed by atoms with Gasteiger partial charge in [-0.2, -0.15) is 0 Å². The number of carbonyl (C=O) groups is 2. The highest BCUT2D eigenvalue weighted by Crippen LogP contribution is 2.25. The third-order valence-electron chi connectivity index (χ3n) is 5.95. The van der Waals surface area contributed by atoms with Gasteiger partial charge in [0.05, 0.1) is 22.0 Å². The summed E-state index contributed by atoms with van der Waals surface area (Å²) in [6, 6.07) is 20.0. The van der Waals surface area contributed by atoms with Crippen LogP contribution in [0.4, 0.5) is 5.69 Å². The van der Waals surface area contributed by atoms with Crippen LogP contribution in [0.1, 0.15) is 24.5 Å². The average Bonchev–Trinajstić information content (AvgIpc) is 2.90. The zero-order valence-corrected chi connectivity index (χ0v) is 25.5. The molecule has 1 N–H and O–H groups in total. The van der Waals surface area contributed by atoms with Crippen molar-refractivity contribution in [1.29, 1.82) is 0 Å². The molecule has 11 heteroatoms. The molecular formula is C28H30BrCl2N3O4S. The minimum atomic E-state index is -3.83. The summed E-state index contributed by atoms with van der Waals surface area (Å²) in [6.45, 7) is 1.90. The van der Waals surface area contributed by atoms with E-state index in [1.807, 2.05) is 37.3 Å². The van der Waals surface area contributed by atoms with Crippen molar-refractivity contribution >= 4 is 66.7 Å². The zero-order valence-electron chi connectivity index (χ0n) is 21.6. The van der Waals surface area contributed by atoms with Crippen LogP contribution in [0.3, 0.4) is 0 Å². The van der Waals surface area contributed by atoms with Crippen LogP contribution in [0.15, 0.2) is 77.3 Å². The van der Waals surface area contributed by atoms with Gasteiger partial charge >= 0.3 is 0 Å². The normalized spacial score (nSPS) is 12.0. The molecule has 1 atom stereocenters. The van der Waals surface area contributed by atoms with Crippen molar-refractivity contribution in [2.45, 2.75) is 32.4 Å². The molecule has 3 rings (SSSR count). The summed E-state index contributed by atoms with van der Waals surface area (Å²) < 4.78 is 27.4. The third-order valence-corrected chi connectivity index (χ3v) is 8.36. The van der Waals surface area contributed by atoms with Crippen molar-refractivity contribution in [3.05, 3.63) is 98.4 Å². The number of nitrogens with one attached hydrogen (secondary N) is 1. The highest BCUT2D eigenvalue weighted by Gasteiger charge is 2.33. The first-order chi connectivity index (χ1) is 18.5. The van der Waals surface area contributed by atoms with Gasteiger partial charge in [0.1, 0.15) is 12.6 Å². The van der Waals surface area contributed by atoms with Crippen molar-refractivity contribution in [1.82, 2.24) is 10.2 Å². The van der Waals surface area contributed by atoms with Crippen LogP contribution in [-0.4, -0.2) is 50.5 Å². The molecule has 3 aromatic rings. The smallest absolute Gasteiger partial charge is 0.244 e. The molecule has 3 aromatic carbocycles. The van der Waals surface area contributed by atoms with E-state index in [-0.39, 0.29) is 18.9 Å². The lowest BCUT2D eigenvalue weighted by molar-refractivity contribution is -0.140. The van der Waals surface area contributed by atoms with Crippen LogP contribution >= 0.6 is 39.1 Å². The Balaban J connectivity index is 2.05. The van der Waals surface area contributed by atoms with Crippen LogP contribution in [0.2, 0.25) is 10.0 Å². The SMILES string of the molecule is CCCNC(=O)[C@H](Cc1ccccc1)N(Cc1ccc(Cl)c(Cl)c1)C(=O)CN(c1ccc(Br)cc1)S(C)(=O)=O. The van der Waals surface area contributed by atoms with Gasteiger partial charge in [-0.3, -0.25) is 13.9 Å². The van der Waals surface area contributed by atoms with Crippen LogP contribution < -0.4 is 9.62 Å². The Hall–Kier alpha value is -2.59. The van der Waals surface area contributed by atoms with Crippen molar-refractivity contribution in [2.24, 2.45) is 0 Å². The second-order valence-corrected chi connectivity index (χ2v) is 12.6. The fourth-order valence-corrected chi connectivity index (χ4v) is 5.41. The van der Waals surface area contributed by atoms with Gasteiger partial charge in [0.2, 0.25) is 21.8 Å². The van der Waals surface area contributed by atoms with Crippen LogP contribution in [-0.2, 0) is 32.6 Å². The largest absolute Gasteiger partial charge is 0.354 e. The number of sulfonamides is 1. The highest BCUT2D eigenvalue weighted by molar-refractivity contribution is 9.10. The summed E-state index contributed by atoms with van der Waals surface area (Å²) in [5.74, 6) is -0.870. The summed E-state index contributed by atoms with van der Waals surface area (Å²) in [5, 5.41) is 3.57. The molecule has 0 aromatic heterocycles. The first-order valence-electron chi connectivity index (χ1n) is 12.3. The maximum absolute atomic E-state index is 14.0. The molecule has 0 aliphatic heterocycles. The van der Waals surface area contributed by atoms with Crippen LogP contribution in [0.25, 0.3) is 0 Å². The fourth-order valence-electron chi connectivity index (χ4n) is 3.98. The summed E-state index contributed by atoms with van der Waals surface area (Å²) >= 11 is 15.7. The molecule has 0 aliphatic carbocycles. The van der Waals surface area contributed by atoms with Crippen molar-refractivity contribution in [3.63, 3.8) is 0 Å². The first-order valence-corrected chi connectivity index (χ1v) is 15.7. The molecule has 0 unspecified atom stereocenters. The van der Waals surface area contributed by atoms with Crippen LogP contribution in [0, 0.1) is 0 Å². The van der Waals surface area contributed by atoms with Gasteiger partial charge in [0.15, 0.2) is 0 Å². The Morgan fingerprint density at radius 1 is 0.949 bits per heavy atom. The number of nitrogens with zero attached hydrogens (tertiary/aromatic N) is 2. The van der Waals surface area contributed by atoms with E-state index < -0.39 is 28.5 Å². The standard InChI is InChI=1S/C28H30BrCl2N3O4S/c1-3-15-32-28(36)26(17-20-7-5-4-6-8-20)33(18-21-9-14-24(30)25(31)16-21)27(35)19-34(39(2,37)38)23-12-10-22(29)11-13-23/h4-14,16,26H,3,15,17-19H2,1-2H3,(H,32,36)/t26-/m0/s1. The van der Waals surface area contributed by atoms with Crippen LogP contribution in [0.5, 0.6) is 0 Å². The predicted molar refractivity (Wildman–Crippen MR) is 161 cm³/mol. The lowest BCUT2D eigenvalue weighted by atomic mass is 10.0. The Morgan fingerprint density at radius 2 is 1.62 bits per heavy atom. The maximum Gasteiger partial charge on any atom is 0.244 e. The number of benzene rings is 3. The molecule has 208 valence electrons. The molecule has 0 saturated carbocycles. The predicted octanol–water partition coefficient (Wildman–Crippen LogP) is 5.69. The molecule has 0 radical (unpaired) electrons. The monoisotopic (exact) mass is 653 g/mol. The lowest BCUT2D eigenvalue weighted by Crippen LogP contribution is -2.53. The van der Waals surface area contributed by atoms with Gasteiger partial charge in [-0.15, -0.1) is 0 Å². The summed E-state index contributed by atoms with van der Waals surface area (Å²) in [7, 11) is -3.83. The van der Waals surface area contributed by atoms with Gasteiger partial charge in [-0.25, -0.2) is 8.42 Å². The molecule has 0 fully saturated rings. The Labute approximate surface area is 248 Å². The number of amides is 2. The zero-order chi connectivity index (χ0) is 28.6. The van der Waals surface area contributed by atoms with Gasteiger partial charge < -0.3 is 10.2 Å². The second kappa shape index (κ2) is 14.2. The molecule has 39 heavy (non-hydrogen) atoms. The minimum absolute atomic E-state index is 0.0186. The quantitative estimate of drug-likeness (QED) is 0.272. The maximum atomic E-state index is 14.0. The van der Waals surface area contributed by atoms with E-state index in [2.05, 4.69) is 21.2 Å². The van der Waals surface area contributed by atoms with E-state index in [9.17, 15) is 18.0 Å². The minimum Gasteiger partial charge on any atom is -0.354 e. The number of anilines is 1. The average molecular weight is 655 g/mol. The Kier molecular flexibility index (Phi) is 11.2. The van der Waals surface area contributed by atoms with Crippen molar-refractivity contribution in [2.75, 3.05) is 23.7 Å². The highest BCUT2D eigenvalue weighted by atomic mass is 79.9. The second-order valence-electron chi connectivity index (χ2n) is 9.01. The number of rotatable bonds is 12. The Bertz CT molecular complexity index is 1390. The third kappa shape index (κ3) is 8.96. The fraction of sp³-hybridized carbons (Fsp3) is 0.286. The first kappa shape index (κ1) is 30.9. The van der Waals surface area contributed by atoms with E-state index in [0.717, 1.165) is 27.0 Å². The van der Waals surface area contributed by atoms with E-state index in [1.165, 1.54) is 4.90 Å². The molecule has 0 bridgehead atoms. The van der Waals surface area contributed by atoms with Crippen molar-refractivity contribution in [3.8, 4) is 0 Å².